The minimum Gasteiger partial charge on any atom is -0.371 e. The van der Waals surface area contributed by atoms with E-state index in [2.05, 4.69) is 21.9 Å². The van der Waals surface area contributed by atoms with E-state index in [0.717, 1.165) is 11.5 Å². The molecule has 0 atom stereocenters. The van der Waals surface area contributed by atoms with Gasteiger partial charge in [0.25, 0.3) is 0 Å². The SMILES string of the molecule is C=Cc1nccnc1NC. The van der Waals surface area contributed by atoms with Gasteiger partial charge in [0.1, 0.15) is 5.69 Å². The van der Waals surface area contributed by atoms with Gasteiger partial charge in [0.15, 0.2) is 5.82 Å². The predicted molar refractivity (Wildman–Crippen MR) is 41.7 cm³/mol. The molecule has 0 fully saturated rings. The molecule has 0 aliphatic heterocycles. The van der Waals surface area contributed by atoms with Crippen LogP contribution in [-0.2, 0) is 0 Å². The lowest BCUT2D eigenvalue weighted by atomic mass is 10.4. The molecule has 0 saturated carbocycles. The average molecular weight is 135 g/mol. The maximum absolute atomic E-state index is 4.02. The molecule has 0 bridgehead atoms. The average Bonchev–Trinajstić information content (AvgIpc) is 2.04. The molecule has 3 nitrogen and oxygen atoms in total. The van der Waals surface area contributed by atoms with E-state index in [1.165, 1.54) is 0 Å². The van der Waals surface area contributed by atoms with Crippen molar-refractivity contribution >= 4 is 11.9 Å². The molecule has 0 saturated heterocycles. The van der Waals surface area contributed by atoms with Crippen LogP contribution in [0.2, 0.25) is 0 Å². The van der Waals surface area contributed by atoms with E-state index in [9.17, 15) is 0 Å². The molecule has 0 aliphatic rings. The summed E-state index contributed by atoms with van der Waals surface area (Å²) in [7, 11) is 1.80. The van der Waals surface area contributed by atoms with Crippen LogP contribution in [0.25, 0.3) is 6.08 Å². The van der Waals surface area contributed by atoms with Crippen molar-refractivity contribution in [2.24, 2.45) is 0 Å². The maximum Gasteiger partial charge on any atom is 0.151 e. The minimum absolute atomic E-state index is 0.762. The normalized spacial score (nSPS) is 8.90. The van der Waals surface area contributed by atoms with Crippen molar-refractivity contribution in [3.05, 3.63) is 24.7 Å². The molecule has 0 aliphatic carbocycles. The summed E-state index contributed by atoms with van der Waals surface area (Å²) in [5, 5.41) is 2.90. The Hall–Kier alpha value is -1.38. The monoisotopic (exact) mass is 135 g/mol. The zero-order chi connectivity index (χ0) is 7.40. The Morgan fingerprint density at radius 2 is 2.20 bits per heavy atom. The highest BCUT2D eigenvalue weighted by Crippen LogP contribution is 2.06. The Bertz CT molecular complexity index is 232. The van der Waals surface area contributed by atoms with Gasteiger partial charge in [0.2, 0.25) is 0 Å². The summed E-state index contributed by atoms with van der Waals surface area (Å²) in [6, 6.07) is 0. The maximum atomic E-state index is 4.02. The molecule has 1 N–H and O–H groups in total. The molecule has 3 heteroatoms. The van der Waals surface area contributed by atoms with E-state index < -0.39 is 0 Å². The van der Waals surface area contributed by atoms with Gasteiger partial charge in [0, 0.05) is 19.4 Å². The summed E-state index contributed by atoms with van der Waals surface area (Å²) in [5.41, 5.74) is 0.782. The van der Waals surface area contributed by atoms with Crippen molar-refractivity contribution in [2.45, 2.75) is 0 Å². The summed E-state index contributed by atoms with van der Waals surface area (Å²) in [5.74, 6) is 0.762. The Balaban J connectivity index is 3.08. The Morgan fingerprint density at radius 3 is 2.70 bits per heavy atom. The first-order valence-corrected chi connectivity index (χ1v) is 2.99. The van der Waals surface area contributed by atoms with Gasteiger partial charge < -0.3 is 5.32 Å². The minimum atomic E-state index is 0.762. The predicted octanol–water partition coefficient (Wildman–Crippen LogP) is 1.16. The molecule has 10 heavy (non-hydrogen) atoms. The van der Waals surface area contributed by atoms with Crippen LogP contribution in [0.5, 0.6) is 0 Å². The van der Waals surface area contributed by atoms with Gasteiger partial charge in [0.05, 0.1) is 0 Å². The molecule has 1 aromatic rings. The van der Waals surface area contributed by atoms with Crippen LogP contribution in [0.4, 0.5) is 5.82 Å². The number of aromatic nitrogens is 2. The molecule has 1 heterocycles. The van der Waals surface area contributed by atoms with Crippen molar-refractivity contribution in [1.82, 2.24) is 9.97 Å². The first kappa shape index (κ1) is 6.74. The lowest BCUT2D eigenvalue weighted by Gasteiger charge is -1.99. The fourth-order valence-electron chi connectivity index (χ4n) is 0.691. The third-order valence-electron chi connectivity index (χ3n) is 1.16. The van der Waals surface area contributed by atoms with Crippen LogP contribution in [-0.4, -0.2) is 17.0 Å². The highest BCUT2D eigenvalue weighted by atomic mass is 15.0. The third kappa shape index (κ3) is 1.13. The van der Waals surface area contributed by atoms with Crippen molar-refractivity contribution < 1.29 is 0 Å². The first-order valence-electron chi connectivity index (χ1n) is 2.99. The third-order valence-corrected chi connectivity index (χ3v) is 1.16. The molecule has 0 spiro atoms. The van der Waals surface area contributed by atoms with Crippen LogP contribution in [0.3, 0.4) is 0 Å². The lowest BCUT2D eigenvalue weighted by molar-refractivity contribution is 1.17. The lowest BCUT2D eigenvalue weighted by Crippen LogP contribution is -1.96. The summed E-state index contributed by atoms with van der Waals surface area (Å²) in [4.78, 5) is 8.05. The number of nitrogens with zero attached hydrogens (tertiary/aromatic N) is 2. The number of hydrogen-bond donors (Lipinski definition) is 1. The van der Waals surface area contributed by atoms with E-state index in [1.54, 1.807) is 25.5 Å². The van der Waals surface area contributed by atoms with E-state index in [0.29, 0.717) is 0 Å². The van der Waals surface area contributed by atoms with E-state index in [-0.39, 0.29) is 0 Å². The van der Waals surface area contributed by atoms with Crippen LogP contribution in [0, 0.1) is 0 Å². The zero-order valence-electron chi connectivity index (χ0n) is 5.83. The topological polar surface area (TPSA) is 37.8 Å². The van der Waals surface area contributed by atoms with Crippen LogP contribution >= 0.6 is 0 Å². The highest BCUT2D eigenvalue weighted by molar-refractivity contribution is 5.56. The Kier molecular flexibility index (Phi) is 1.99. The van der Waals surface area contributed by atoms with Gasteiger partial charge in [-0.15, -0.1) is 0 Å². The van der Waals surface area contributed by atoms with Crippen molar-refractivity contribution in [2.75, 3.05) is 12.4 Å². The molecule has 52 valence electrons. The second-order valence-corrected chi connectivity index (χ2v) is 1.74. The molecular weight excluding hydrogens is 126 g/mol. The smallest absolute Gasteiger partial charge is 0.151 e. The number of rotatable bonds is 2. The van der Waals surface area contributed by atoms with Crippen molar-refractivity contribution in [1.29, 1.82) is 0 Å². The van der Waals surface area contributed by atoms with Gasteiger partial charge in [-0.3, -0.25) is 4.98 Å². The van der Waals surface area contributed by atoms with Gasteiger partial charge in [-0.2, -0.15) is 0 Å². The van der Waals surface area contributed by atoms with E-state index >= 15 is 0 Å². The number of hydrogen-bond acceptors (Lipinski definition) is 3. The van der Waals surface area contributed by atoms with Gasteiger partial charge in [-0.25, -0.2) is 4.98 Å². The van der Waals surface area contributed by atoms with Crippen molar-refractivity contribution in [3.8, 4) is 0 Å². The van der Waals surface area contributed by atoms with E-state index in [1.807, 2.05) is 0 Å². The largest absolute Gasteiger partial charge is 0.371 e. The summed E-state index contributed by atoms with van der Waals surface area (Å²) >= 11 is 0. The van der Waals surface area contributed by atoms with Gasteiger partial charge in [-0.05, 0) is 6.08 Å². The van der Waals surface area contributed by atoms with E-state index in [4.69, 9.17) is 0 Å². The molecule has 0 aromatic carbocycles. The fraction of sp³-hybridized carbons (Fsp3) is 0.143. The summed E-state index contributed by atoms with van der Waals surface area (Å²) < 4.78 is 0. The summed E-state index contributed by atoms with van der Waals surface area (Å²) in [6.07, 6.45) is 4.94. The number of nitrogens with one attached hydrogen (secondary N) is 1. The standard InChI is InChI=1S/C7H9N3/c1-3-6-7(8-2)10-5-4-9-6/h3-5H,1H2,2H3,(H,8,10). The molecule has 1 rings (SSSR count). The molecule has 0 unspecified atom stereocenters. The second kappa shape index (κ2) is 2.96. The summed E-state index contributed by atoms with van der Waals surface area (Å²) in [6.45, 7) is 3.60. The molecular formula is C7H9N3. The van der Waals surface area contributed by atoms with Gasteiger partial charge >= 0.3 is 0 Å². The molecule has 0 radical (unpaired) electrons. The Labute approximate surface area is 59.8 Å². The highest BCUT2D eigenvalue weighted by Gasteiger charge is 1.94. The second-order valence-electron chi connectivity index (χ2n) is 1.74. The molecule has 1 aromatic heterocycles. The van der Waals surface area contributed by atoms with Crippen molar-refractivity contribution in [3.63, 3.8) is 0 Å². The van der Waals surface area contributed by atoms with Crippen LogP contribution < -0.4 is 5.32 Å². The van der Waals surface area contributed by atoms with Crippen LogP contribution in [0.15, 0.2) is 19.0 Å². The molecule has 0 amide bonds. The van der Waals surface area contributed by atoms with Crippen LogP contribution in [0.1, 0.15) is 5.69 Å². The van der Waals surface area contributed by atoms with Gasteiger partial charge in [-0.1, -0.05) is 6.58 Å². The first-order chi connectivity index (χ1) is 4.88. The fourth-order valence-corrected chi connectivity index (χ4v) is 0.691. The Morgan fingerprint density at radius 1 is 1.50 bits per heavy atom. The quantitative estimate of drug-likeness (QED) is 0.661. The zero-order valence-corrected chi connectivity index (χ0v) is 5.83. The number of anilines is 1.